The summed E-state index contributed by atoms with van der Waals surface area (Å²) in [6.45, 7) is 2.62. The lowest BCUT2D eigenvalue weighted by Crippen LogP contribution is -2.48. The van der Waals surface area contributed by atoms with Crippen LogP contribution in [0.3, 0.4) is 0 Å². The number of carbonyl (C=O) groups is 1. The second kappa shape index (κ2) is 8.16. The van der Waals surface area contributed by atoms with Crippen LogP contribution in [-0.2, 0) is 22.5 Å². The number of benzene rings is 2. The SMILES string of the molecule is COC(=O)c1ccccc1CO[C@@]1(C)CCC2=Cc3c(cnn3-c3ccc(F)cc3)CC21C1CC1. The average Bonchev–Trinajstić information content (AvgIpc) is 3.60. The Morgan fingerprint density at radius 2 is 1.94 bits per heavy atom. The number of rotatable bonds is 6. The first kappa shape index (κ1) is 22.2. The Balaban J connectivity index is 1.34. The Morgan fingerprint density at radius 3 is 2.69 bits per heavy atom. The molecule has 6 heteroatoms. The molecule has 0 bridgehead atoms. The number of ether oxygens (including phenoxy) is 2. The number of aromatic nitrogens is 2. The molecule has 35 heavy (non-hydrogen) atoms. The van der Waals surface area contributed by atoms with Gasteiger partial charge in [0.2, 0.25) is 0 Å². The second-order valence-corrected chi connectivity index (χ2v) is 10.2. The van der Waals surface area contributed by atoms with Crippen LogP contribution < -0.4 is 0 Å². The maximum atomic E-state index is 13.5. The lowest BCUT2D eigenvalue weighted by atomic mass is 9.63. The van der Waals surface area contributed by atoms with Gasteiger partial charge in [-0.1, -0.05) is 23.8 Å². The van der Waals surface area contributed by atoms with Crippen LogP contribution in [0, 0.1) is 17.2 Å². The number of methoxy groups -OCH3 is 1. The van der Waals surface area contributed by atoms with Gasteiger partial charge >= 0.3 is 5.97 Å². The summed E-state index contributed by atoms with van der Waals surface area (Å²) in [5.74, 6) is -0.00781. The Bertz CT molecular complexity index is 1320. The van der Waals surface area contributed by atoms with Crippen LogP contribution in [0.5, 0.6) is 0 Å². The third-order valence-electron chi connectivity index (χ3n) is 8.37. The van der Waals surface area contributed by atoms with Gasteiger partial charge in [-0.05, 0) is 92.5 Å². The predicted octanol–water partition coefficient (Wildman–Crippen LogP) is 5.90. The third-order valence-corrected chi connectivity index (χ3v) is 8.37. The first-order valence-electron chi connectivity index (χ1n) is 12.3. The molecule has 5 nitrogen and oxygen atoms in total. The molecule has 1 aromatic heterocycles. The number of hydrogen-bond donors (Lipinski definition) is 0. The summed E-state index contributed by atoms with van der Waals surface area (Å²) in [7, 11) is 1.41. The molecule has 2 fully saturated rings. The van der Waals surface area contributed by atoms with Crippen LogP contribution >= 0.6 is 0 Å². The Kier molecular flexibility index (Phi) is 5.18. The van der Waals surface area contributed by atoms with Gasteiger partial charge in [0.25, 0.3) is 0 Å². The standard InChI is InChI=1S/C29H29FN2O3/c1-28(35-18-19-5-3-4-6-25(19)27(33)34-2)14-13-22-15-26-20(16-29(22,28)21-7-8-21)17-31-32(26)24-11-9-23(30)10-12-24/h3-6,9-12,15,17,21H,7-8,13-14,16,18H2,1-2H3/t28-,29?/m0/s1. The van der Waals surface area contributed by atoms with Crippen LogP contribution in [0.4, 0.5) is 4.39 Å². The molecule has 1 unspecified atom stereocenters. The normalized spacial score (nSPS) is 25.1. The quantitative estimate of drug-likeness (QED) is 0.419. The lowest BCUT2D eigenvalue weighted by molar-refractivity contribution is -0.114. The van der Waals surface area contributed by atoms with Crippen molar-refractivity contribution in [2.45, 2.75) is 51.2 Å². The van der Waals surface area contributed by atoms with Crippen molar-refractivity contribution in [2.24, 2.45) is 11.3 Å². The van der Waals surface area contributed by atoms with Gasteiger partial charge in [0.1, 0.15) is 5.82 Å². The van der Waals surface area contributed by atoms with E-state index in [1.807, 2.05) is 29.1 Å². The minimum Gasteiger partial charge on any atom is -0.465 e. The van der Waals surface area contributed by atoms with Crippen LogP contribution in [0.15, 0.2) is 60.3 Å². The summed E-state index contributed by atoms with van der Waals surface area (Å²) < 4.78 is 27.2. The van der Waals surface area contributed by atoms with Crippen LogP contribution in [-0.4, -0.2) is 28.5 Å². The van der Waals surface area contributed by atoms with Crippen molar-refractivity contribution >= 4 is 12.0 Å². The van der Waals surface area contributed by atoms with Crippen molar-refractivity contribution in [1.29, 1.82) is 0 Å². The minimum absolute atomic E-state index is 0.0726. The van der Waals surface area contributed by atoms with Crippen LogP contribution in [0.1, 0.15) is 59.8 Å². The van der Waals surface area contributed by atoms with E-state index in [1.165, 1.54) is 43.2 Å². The number of fused-ring (bicyclic) bond motifs is 2. The molecule has 0 amide bonds. The summed E-state index contributed by atoms with van der Waals surface area (Å²) >= 11 is 0. The van der Waals surface area contributed by atoms with Crippen molar-refractivity contribution in [2.75, 3.05) is 7.11 Å². The maximum Gasteiger partial charge on any atom is 0.338 e. The Hall–Kier alpha value is -3.25. The van der Waals surface area contributed by atoms with Crippen molar-refractivity contribution in [3.05, 3.63) is 88.5 Å². The topological polar surface area (TPSA) is 53.4 Å². The summed E-state index contributed by atoms with van der Waals surface area (Å²) in [6.07, 6.45) is 9.47. The van der Waals surface area contributed by atoms with Crippen molar-refractivity contribution in [1.82, 2.24) is 9.78 Å². The smallest absolute Gasteiger partial charge is 0.338 e. The molecule has 3 aliphatic rings. The predicted molar refractivity (Wildman–Crippen MR) is 131 cm³/mol. The molecular formula is C29H29FN2O3. The van der Waals surface area contributed by atoms with Gasteiger partial charge in [0, 0.05) is 5.41 Å². The summed E-state index contributed by atoms with van der Waals surface area (Å²) in [5, 5.41) is 4.68. The number of carbonyl (C=O) groups excluding carboxylic acids is 1. The van der Waals surface area contributed by atoms with Crippen LogP contribution in [0.2, 0.25) is 0 Å². The molecule has 0 saturated heterocycles. The Morgan fingerprint density at radius 1 is 1.17 bits per heavy atom. The molecule has 2 aromatic carbocycles. The van der Waals surface area contributed by atoms with E-state index in [9.17, 15) is 9.18 Å². The molecule has 0 aliphatic heterocycles. The molecule has 0 spiro atoms. The van der Waals surface area contributed by atoms with E-state index < -0.39 is 0 Å². The highest BCUT2D eigenvalue weighted by Crippen LogP contribution is 2.66. The molecule has 180 valence electrons. The Labute approximate surface area is 204 Å². The zero-order chi connectivity index (χ0) is 24.2. The van der Waals surface area contributed by atoms with Gasteiger partial charge in [-0.15, -0.1) is 0 Å². The zero-order valence-corrected chi connectivity index (χ0v) is 20.1. The van der Waals surface area contributed by atoms with Gasteiger partial charge < -0.3 is 9.47 Å². The number of esters is 1. The van der Waals surface area contributed by atoms with Gasteiger partial charge in [0.15, 0.2) is 0 Å². The monoisotopic (exact) mass is 472 g/mol. The highest BCUT2D eigenvalue weighted by Gasteiger charge is 2.63. The van der Waals surface area contributed by atoms with Gasteiger partial charge in [-0.2, -0.15) is 5.10 Å². The second-order valence-electron chi connectivity index (χ2n) is 10.2. The zero-order valence-electron chi connectivity index (χ0n) is 20.1. The first-order valence-corrected chi connectivity index (χ1v) is 12.3. The molecule has 0 N–H and O–H groups in total. The summed E-state index contributed by atoms with van der Waals surface area (Å²) in [4.78, 5) is 12.3. The van der Waals surface area contributed by atoms with E-state index in [2.05, 4.69) is 18.1 Å². The largest absolute Gasteiger partial charge is 0.465 e. The fraction of sp³-hybridized carbons (Fsp3) is 0.379. The van der Waals surface area contributed by atoms with Crippen LogP contribution in [0.25, 0.3) is 11.8 Å². The van der Waals surface area contributed by atoms with Gasteiger partial charge in [0.05, 0.1) is 42.5 Å². The molecular weight excluding hydrogens is 443 g/mol. The minimum atomic E-state index is -0.348. The lowest BCUT2D eigenvalue weighted by Gasteiger charge is -2.47. The van der Waals surface area contributed by atoms with Gasteiger partial charge in [-0.25, -0.2) is 13.9 Å². The molecule has 3 aliphatic carbocycles. The fourth-order valence-corrected chi connectivity index (χ4v) is 6.40. The highest BCUT2D eigenvalue weighted by molar-refractivity contribution is 5.90. The van der Waals surface area contributed by atoms with E-state index in [0.29, 0.717) is 18.1 Å². The molecule has 6 rings (SSSR count). The fourth-order valence-electron chi connectivity index (χ4n) is 6.40. The van der Waals surface area contributed by atoms with Crippen molar-refractivity contribution in [3.8, 4) is 5.69 Å². The first-order chi connectivity index (χ1) is 16.9. The van der Waals surface area contributed by atoms with Crippen molar-refractivity contribution < 1.29 is 18.7 Å². The summed E-state index contributed by atoms with van der Waals surface area (Å²) in [5.41, 5.74) is 5.57. The molecule has 2 atom stereocenters. The summed E-state index contributed by atoms with van der Waals surface area (Å²) in [6, 6.07) is 14.0. The van der Waals surface area contributed by atoms with E-state index in [0.717, 1.165) is 36.2 Å². The average molecular weight is 473 g/mol. The molecule has 3 aromatic rings. The van der Waals surface area contributed by atoms with E-state index in [4.69, 9.17) is 9.47 Å². The highest BCUT2D eigenvalue weighted by atomic mass is 19.1. The van der Waals surface area contributed by atoms with Gasteiger partial charge in [-0.3, -0.25) is 0 Å². The van der Waals surface area contributed by atoms with Crippen molar-refractivity contribution in [3.63, 3.8) is 0 Å². The van der Waals surface area contributed by atoms with E-state index >= 15 is 0 Å². The maximum absolute atomic E-state index is 13.5. The number of halogens is 1. The molecule has 2 saturated carbocycles. The van der Waals surface area contributed by atoms with E-state index in [1.54, 1.807) is 18.2 Å². The number of hydrogen-bond acceptors (Lipinski definition) is 4. The van der Waals surface area contributed by atoms with E-state index in [-0.39, 0.29) is 22.8 Å². The molecule has 1 heterocycles. The number of nitrogens with zero attached hydrogens (tertiary/aromatic N) is 2. The third kappa shape index (κ3) is 3.46. The molecule has 0 radical (unpaired) electrons.